The normalized spacial score (nSPS) is 20.4. The van der Waals surface area contributed by atoms with Crippen molar-refractivity contribution < 1.29 is 4.79 Å². The summed E-state index contributed by atoms with van der Waals surface area (Å²) < 4.78 is 0. The minimum atomic E-state index is -0.123. The maximum atomic E-state index is 14.1. The molecule has 0 saturated heterocycles. The third-order valence-electron chi connectivity index (χ3n) is 9.19. The Bertz CT molecular complexity index is 1530. The zero-order valence-electron chi connectivity index (χ0n) is 26.8. The van der Waals surface area contributed by atoms with Gasteiger partial charge in [-0.05, 0) is 115 Å². The van der Waals surface area contributed by atoms with Crippen molar-refractivity contribution in [3.05, 3.63) is 84.6 Å². The number of carbonyl (C=O) groups excluding carboxylic acids is 1. The molecule has 5 heteroatoms. The number of carbonyl (C=O) groups is 1. The monoisotopic (exact) mass is 549 g/mol. The van der Waals surface area contributed by atoms with Crippen molar-refractivity contribution in [2.24, 2.45) is 15.4 Å². The van der Waals surface area contributed by atoms with Crippen molar-refractivity contribution >= 4 is 29.4 Å². The van der Waals surface area contributed by atoms with Gasteiger partial charge in [0.2, 0.25) is 5.78 Å². The van der Waals surface area contributed by atoms with Crippen LogP contribution >= 0.6 is 0 Å². The summed E-state index contributed by atoms with van der Waals surface area (Å²) in [6.45, 7) is 24.2. The number of aromatic amines is 2. The van der Waals surface area contributed by atoms with Gasteiger partial charge in [0.15, 0.2) is 0 Å². The number of hydrogen-bond acceptors (Lipinski definition) is 3. The van der Waals surface area contributed by atoms with Gasteiger partial charge >= 0.3 is 0 Å². The van der Waals surface area contributed by atoms with E-state index in [-0.39, 0.29) is 11.2 Å². The summed E-state index contributed by atoms with van der Waals surface area (Å²) in [5.41, 5.74) is 16.4. The largest absolute Gasteiger partial charge is 0.358 e. The average molecular weight is 550 g/mol. The lowest BCUT2D eigenvalue weighted by molar-refractivity contribution is -0.107. The van der Waals surface area contributed by atoms with Gasteiger partial charge in [0.25, 0.3) is 0 Å². The van der Waals surface area contributed by atoms with Crippen LogP contribution in [-0.2, 0) is 17.6 Å². The Kier molecular flexibility index (Phi) is 7.38. The van der Waals surface area contributed by atoms with E-state index in [2.05, 4.69) is 98.3 Å². The highest BCUT2D eigenvalue weighted by atomic mass is 16.1. The number of nitrogens with zero attached hydrogens (tertiary/aromatic N) is 2. The molecule has 41 heavy (non-hydrogen) atoms. The summed E-state index contributed by atoms with van der Waals surface area (Å²) in [7, 11) is 0. The lowest BCUT2D eigenvalue weighted by atomic mass is 9.74. The maximum absolute atomic E-state index is 14.1. The van der Waals surface area contributed by atoms with E-state index >= 15 is 0 Å². The molecule has 0 atom stereocenters. The molecule has 3 aliphatic rings. The predicted molar refractivity (Wildman–Crippen MR) is 173 cm³/mol. The predicted octanol–water partition coefficient (Wildman–Crippen LogP) is 8.73. The Morgan fingerprint density at radius 1 is 0.659 bits per heavy atom. The van der Waals surface area contributed by atoms with E-state index in [4.69, 9.17) is 9.98 Å². The Balaban J connectivity index is 1.90. The third kappa shape index (κ3) is 4.49. The van der Waals surface area contributed by atoms with Crippen molar-refractivity contribution in [1.82, 2.24) is 9.97 Å². The molecule has 2 aromatic rings. The topological polar surface area (TPSA) is 73.4 Å². The summed E-state index contributed by atoms with van der Waals surface area (Å²) in [5, 5.41) is 0. The minimum Gasteiger partial charge on any atom is -0.358 e. The fraction of sp³-hybridized carbons (Fsp3) is 0.444. The number of fused-ring (bicyclic) bond motifs is 6. The molecule has 2 N–H and O–H groups in total. The molecule has 2 aromatic heterocycles. The molecule has 215 valence electrons. The molecule has 5 rings (SSSR count). The molecule has 0 saturated carbocycles. The van der Waals surface area contributed by atoms with Crippen molar-refractivity contribution in [2.75, 3.05) is 0 Å². The summed E-state index contributed by atoms with van der Waals surface area (Å²) >= 11 is 0. The highest BCUT2D eigenvalue weighted by Crippen LogP contribution is 2.45. The van der Waals surface area contributed by atoms with Crippen molar-refractivity contribution in [3.63, 3.8) is 0 Å². The van der Waals surface area contributed by atoms with Gasteiger partial charge in [-0.1, -0.05) is 48.5 Å². The second kappa shape index (κ2) is 10.4. The number of hydrogen-bond donors (Lipinski definition) is 2. The molecular formula is C36H45N4O. The lowest BCUT2D eigenvalue weighted by Crippen LogP contribution is -2.25. The van der Waals surface area contributed by atoms with Crippen LogP contribution in [0, 0.1) is 25.2 Å². The summed E-state index contributed by atoms with van der Waals surface area (Å²) in [4.78, 5) is 31.8. The second-order valence-electron chi connectivity index (χ2n) is 12.6. The quantitative estimate of drug-likeness (QED) is 0.393. The van der Waals surface area contributed by atoms with Crippen molar-refractivity contribution in [2.45, 2.75) is 102 Å². The van der Waals surface area contributed by atoms with Gasteiger partial charge in [-0.3, -0.25) is 4.79 Å². The maximum Gasteiger partial charge on any atom is 0.230 e. The van der Waals surface area contributed by atoms with Crippen LogP contribution in [0.3, 0.4) is 0 Å². The molecule has 0 fully saturated rings. The van der Waals surface area contributed by atoms with E-state index < -0.39 is 0 Å². The van der Waals surface area contributed by atoms with E-state index in [1.165, 1.54) is 39.6 Å². The van der Waals surface area contributed by atoms with Gasteiger partial charge in [0.05, 0.1) is 17.3 Å². The Hall–Kier alpha value is -3.47. The fourth-order valence-electron chi connectivity index (χ4n) is 6.96. The summed E-state index contributed by atoms with van der Waals surface area (Å²) in [6, 6.07) is 0. The van der Waals surface area contributed by atoms with Gasteiger partial charge in [0.1, 0.15) is 11.4 Å². The Labute approximate surface area is 245 Å². The molecule has 8 bridgehead atoms. The molecular weight excluding hydrogens is 504 g/mol. The molecule has 5 heterocycles. The molecule has 1 radical (unpaired) electrons. The van der Waals surface area contributed by atoms with Crippen molar-refractivity contribution in [1.29, 1.82) is 0 Å². The third-order valence-corrected chi connectivity index (χ3v) is 9.19. The van der Waals surface area contributed by atoms with Gasteiger partial charge < -0.3 is 9.97 Å². The van der Waals surface area contributed by atoms with Crippen LogP contribution in [0.25, 0.3) is 12.2 Å². The number of H-pyrrole nitrogens is 2. The van der Waals surface area contributed by atoms with E-state index in [1.807, 2.05) is 0 Å². The summed E-state index contributed by atoms with van der Waals surface area (Å²) in [5.74, 6) is 1.21. The number of allylic oxidation sites excluding steroid dienone is 4. The zero-order chi connectivity index (χ0) is 30.0. The molecule has 0 unspecified atom stereocenters. The highest BCUT2D eigenvalue weighted by molar-refractivity contribution is 6.73. The van der Waals surface area contributed by atoms with E-state index in [0.717, 1.165) is 70.8 Å². The van der Waals surface area contributed by atoms with Gasteiger partial charge in [0, 0.05) is 22.8 Å². The average Bonchev–Trinajstić information content (AvgIpc) is 3.60. The Morgan fingerprint density at radius 2 is 1.05 bits per heavy atom. The van der Waals surface area contributed by atoms with E-state index in [9.17, 15) is 4.79 Å². The number of rotatable bonds is 4. The first-order chi connectivity index (χ1) is 19.4. The smallest absolute Gasteiger partial charge is 0.230 e. The van der Waals surface area contributed by atoms with Crippen LogP contribution in [0.2, 0.25) is 0 Å². The number of aromatic nitrogens is 2. The molecule has 5 nitrogen and oxygen atoms in total. The van der Waals surface area contributed by atoms with Gasteiger partial charge in [-0.25, -0.2) is 9.98 Å². The lowest BCUT2D eigenvalue weighted by Gasteiger charge is -2.30. The SMILES string of the molecule is CCC1=C(C)/C2=C/c3[nH]c(c(C)c3CC)[C](C(C)(C)C)c3[nH]c(c(CC)c3C)/C=C3\N=C(C(=O)C1=N2)C(CC)=C3C. The van der Waals surface area contributed by atoms with Gasteiger partial charge in [-0.2, -0.15) is 0 Å². The summed E-state index contributed by atoms with van der Waals surface area (Å²) in [6.07, 6.45) is 7.60. The number of nitrogens with one attached hydrogen (secondary N) is 2. The highest BCUT2D eigenvalue weighted by Gasteiger charge is 2.37. The van der Waals surface area contributed by atoms with Crippen LogP contribution in [0.5, 0.6) is 0 Å². The minimum absolute atomic E-state index is 0.0715. The standard InChI is InChI=1S/C36H45N4O/c1-12-22-20(7)31-30(36(9,10)11)32-21(8)23(13-2)29(40-32)17-27-19(6)25(15-4)34(38-27)35(41)33-24(14-3)18(5)26(37-33)16-28(22)39-31/h16-17,39-40H,12-15H2,1-11H3/b26-16-,27-17-. The zero-order valence-corrected chi connectivity index (χ0v) is 26.8. The van der Waals surface area contributed by atoms with Crippen LogP contribution in [0.15, 0.2) is 43.7 Å². The Morgan fingerprint density at radius 3 is 1.37 bits per heavy atom. The molecule has 3 aliphatic heterocycles. The van der Waals surface area contributed by atoms with Crippen LogP contribution < -0.4 is 0 Å². The van der Waals surface area contributed by atoms with Gasteiger partial charge in [-0.15, -0.1) is 0 Å². The molecule has 0 aromatic carbocycles. The number of aliphatic imine (C=N–C) groups is 2. The van der Waals surface area contributed by atoms with E-state index in [1.54, 1.807) is 0 Å². The molecule has 0 spiro atoms. The van der Waals surface area contributed by atoms with E-state index in [0.29, 0.717) is 11.4 Å². The first kappa shape index (κ1) is 29.0. The fourth-order valence-corrected chi connectivity index (χ4v) is 6.96. The second-order valence-corrected chi connectivity index (χ2v) is 12.6. The molecule has 0 aliphatic carbocycles. The van der Waals surface area contributed by atoms with Crippen molar-refractivity contribution in [3.8, 4) is 0 Å². The molecule has 0 amide bonds. The number of ketones is 1. The first-order valence-electron chi connectivity index (χ1n) is 15.2. The van der Waals surface area contributed by atoms with Crippen LogP contribution in [-0.4, -0.2) is 27.2 Å². The van der Waals surface area contributed by atoms with Crippen LogP contribution in [0.1, 0.15) is 120 Å². The number of Topliss-reactive ketones (excluding diaryl/α,β-unsaturated/α-hetero) is 1. The van der Waals surface area contributed by atoms with Crippen LogP contribution in [0.4, 0.5) is 0 Å². The first-order valence-corrected chi connectivity index (χ1v) is 15.2.